The molecule has 0 aromatic heterocycles. The van der Waals surface area contributed by atoms with Crippen LogP contribution in [-0.2, 0) is 16.6 Å². The van der Waals surface area contributed by atoms with Crippen molar-refractivity contribution in [3.63, 3.8) is 0 Å². The fraction of sp³-hybridized carbons (Fsp3) is 0.458. The lowest BCUT2D eigenvalue weighted by molar-refractivity contribution is -0.121. The van der Waals surface area contributed by atoms with Gasteiger partial charge in [-0.2, -0.15) is 0 Å². The maximum atomic E-state index is 13.5. The normalized spacial score (nSPS) is 19.3. The average molecular weight is 524 g/mol. The summed E-state index contributed by atoms with van der Waals surface area (Å²) in [5, 5.41) is 6.74. The number of hydrogen-bond donors (Lipinski definition) is 2. The number of carbonyl (C=O) groups excluding carboxylic acids is 1. The molecule has 0 bridgehead atoms. The molecular weight excluding hydrogens is 497 g/mol. The first-order chi connectivity index (χ1) is 14.4. The Morgan fingerprint density at radius 2 is 1.73 bits per heavy atom. The van der Waals surface area contributed by atoms with Gasteiger partial charge < -0.3 is 10.6 Å². The highest BCUT2D eigenvalue weighted by molar-refractivity contribution is 14.1. The molecule has 0 spiro atoms. The van der Waals surface area contributed by atoms with Crippen molar-refractivity contribution in [3.05, 3.63) is 68.8 Å². The van der Waals surface area contributed by atoms with E-state index in [-0.39, 0.29) is 23.8 Å². The summed E-state index contributed by atoms with van der Waals surface area (Å²) in [5.41, 5.74) is 1.51. The van der Waals surface area contributed by atoms with E-state index in [4.69, 9.17) is 0 Å². The second-order valence-corrected chi connectivity index (χ2v) is 9.91. The van der Waals surface area contributed by atoms with Gasteiger partial charge in [-0.15, -0.1) is 0 Å². The largest absolute Gasteiger partial charge is 0.352 e. The standard InChI is InChI=1S/C24H27F2IN2O/c25-19-11-17(12-20(26)15-19)14-23(30)29-22(13-16-1-2-16)24(7-9-28-10-8-24)18-3-5-21(27)6-4-18/h3-6,11-12,15-16,22,28H,1-2,7-10,13-14H2,(H,29,30). The molecule has 1 aliphatic carbocycles. The summed E-state index contributed by atoms with van der Waals surface area (Å²) < 4.78 is 28.3. The van der Waals surface area contributed by atoms with Gasteiger partial charge in [0, 0.05) is 21.1 Å². The minimum Gasteiger partial charge on any atom is -0.352 e. The molecule has 1 saturated heterocycles. The minimum atomic E-state index is -0.652. The van der Waals surface area contributed by atoms with E-state index in [9.17, 15) is 13.6 Å². The molecule has 4 rings (SSSR count). The molecule has 2 aromatic carbocycles. The fourth-order valence-corrected chi connectivity index (χ4v) is 5.11. The number of hydrogen-bond acceptors (Lipinski definition) is 2. The van der Waals surface area contributed by atoms with Gasteiger partial charge in [0.05, 0.1) is 6.42 Å². The minimum absolute atomic E-state index is 0.0121. The number of piperidine rings is 1. The van der Waals surface area contributed by atoms with Gasteiger partial charge in [0.1, 0.15) is 11.6 Å². The molecule has 1 amide bonds. The van der Waals surface area contributed by atoms with Crippen LogP contribution in [0, 0.1) is 21.1 Å². The summed E-state index contributed by atoms with van der Waals surface area (Å²) in [6, 6.07) is 12.0. The lowest BCUT2D eigenvalue weighted by Gasteiger charge is -2.45. The van der Waals surface area contributed by atoms with Gasteiger partial charge in [0.15, 0.2) is 0 Å². The molecule has 160 valence electrons. The highest BCUT2D eigenvalue weighted by Gasteiger charge is 2.44. The second-order valence-electron chi connectivity index (χ2n) is 8.67. The van der Waals surface area contributed by atoms with Gasteiger partial charge in [0.2, 0.25) is 5.91 Å². The Hall–Kier alpha value is -1.54. The topological polar surface area (TPSA) is 41.1 Å². The Bertz CT molecular complexity index is 872. The first-order valence-electron chi connectivity index (χ1n) is 10.7. The number of nitrogens with one attached hydrogen (secondary N) is 2. The zero-order valence-electron chi connectivity index (χ0n) is 16.9. The van der Waals surface area contributed by atoms with Crippen LogP contribution in [0.25, 0.3) is 0 Å². The van der Waals surface area contributed by atoms with Crippen LogP contribution in [0.1, 0.15) is 43.2 Å². The van der Waals surface area contributed by atoms with Crippen molar-refractivity contribution < 1.29 is 13.6 Å². The second kappa shape index (κ2) is 9.30. The van der Waals surface area contributed by atoms with Crippen LogP contribution in [0.5, 0.6) is 0 Å². The summed E-state index contributed by atoms with van der Waals surface area (Å²) in [5.74, 6) is -0.825. The Labute approximate surface area is 190 Å². The van der Waals surface area contributed by atoms with Gasteiger partial charge in [-0.1, -0.05) is 25.0 Å². The maximum absolute atomic E-state index is 13.5. The van der Waals surface area contributed by atoms with E-state index in [2.05, 4.69) is 57.5 Å². The van der Waals surface area contributed by atoms with Gasteiger partial charge in [-0.05, 0) is 96.3 Å². The van der Waals surface area contributed by atoms with Crippen molar-refractivity contribution in [2.45, 2.75) is 50.0 Å². The van der Waals surface area contributed by atoms with Crippen molar-refractivity contribution in [1.82, 2.24) is 10.6 Å². The molecule has 2 aliphatic rings. The average Bonchev–Trinajstić information content (AvgIpc) is 3.52. The van der Waals surface area contributed by atoms with E-state index in [1.165, 1.54) is 34.1 Å². The predicted molar refractivity (Wildman–Crippen MR) is 122 cm³/mol. The summed E-state index contributed by atoms with van der Waals surface area (Å²) in [4.78, 5) is 12.9. The monoisotopic (exact) mass is 524 g/mol. The van der Waals surface area contributed by atoms with Gasteiger partial charge in [0.25, 0.3) is 0 Å². The third kappa shape index (κ3) is 5.19. The Balaban J connectivity index is 1.59. The van der Waals surface area contributed by atoms with Gasteiger partial charge in [-0.25, -0.2) is 8.78 Å². The summed E-state index contributed by atoms with van der Waals surface area (Å²) in [6.45, 7) is 1.83. The lowest BCUT2D eigenvalue weighted by atomic mass is 9.66. The summed E-state index contributed by atoms with van der Waals surface area (Å²) >= 11 is 2.31. The van der Waals surface area contributed by atoms with Crippen LogP contribution in [0.2, 0.25) is 0 Å². The highest BCUT2D eigenvalue weighted by atomic mass is 127. The summed E-state index contributed by atoms with van der Waals surface area (Å²) in [6.07, 6.45) is 5.27. The SMILES string of the molecule is O=C(Cc1cc(F)cc(F)c1)NC(CC1CC1)C1(c2ccc(I)cc2)CCNCC1. The van der Waals surface area contributed by atoms with Crippen LogP contribution >= 0.6 is 22.6 Å². The fourth-order valence-electron chi connectivity index (χ4n) is 4.75. The molecule has 1 saturated carbocycles. The smallest absolute Gasteiger partial charge is 0.224 e. The van der Waals surface area contributed by atoms with E-state index < -0.39 is 11.6 Å². The van der Waals surface area contributed by atoms with Crippen molar-refractivity contribution >= 4 is 28.5 Å². The van der Waals surface area contributed by atoms with Crippen molar-refractivity contribution in [2.75, 3.05) is 13.1 Å². The van der Waals surface area contributed by atoms with E-state index in [1.807, 2.05) is 0 Å². The number of benzene rings is 2. The molecule has 1 atom stereocenters. The Morgan fingerprint density at radius 1 is 1.10 bits per heavy atom. The molecule has 2 fully saturated rings. The number of amides is 1. The molecule has 6 heteroatoms. The number of carbonyl (C=O) groups is 1. The zero-order chi connectivity index (χ0) is 21.1. The molecule has 3 nitrogen and oxygen atoms in total. The van der Waals surface area contributed by atoms with E-state index in [0.29, 0.717) is 11.5 Å². The molecule has 1 aliphatic heterocycles. The first kappa shape index (κ1) is 21.7. The van der Waals surface area contributed by atoms with Gasteiger partial charge in [-0.3, -0.25) is 4.79 Å². The molecule has 0 radical (unpaired) electrons. The Kier molecular flexibility index (Phi) is 6.72. The van der Waals surface area contributed by atoms with Crippen molar-refractivity contribution in [3.8, 4) is 0 Å². The van der Waals surface area contributed by atoms with Crippen LogP contribution in [-0.4, -0.2) is 25.0 Å². The number of halogens is 3. The quantitative estimate of drug-likeness (QED) is 0.515. The lowest BCUT2D eigenvalue weighted by Crippen LogP contribution is -2.55. The van der Waals surface area contributed by atoms with Crippen molar-refractivity contribution in [1.29, 1.82) is 0 Å². The van der Waals surface area contributed by atoms with E-state index in [1.54, 1.807) is 0 Å². The zero-order valence-corrected chi connectivity index (χ0v) is 19.1. The van der Waals surface area contributed by atoms with E-state index >= 15 is 0 Å². The van der Waals surface area contributed by atoms with Crippen molar-refractivity contribution in [2.24, 2.45) is 5.92 Å². The van der Waals surface area contributed by atoms with Crippen LogP contribution in [0.15, 0.2) is 42.5 Å². The molecular formula is C24H27F2IN2O. The van der Waals surface area contributed by atoms with E-state index in [0.717, 1.165) is 38.4 Å². The van der Waals surface area contributed by atoms with Crippen LogP contribution in [0.3, 0.4) is 0 Å². The van der Waals surface area contributed by atoms with Gasteiger partial charge >= 0.3 is 0 Å². The molecule has 30 heavy (non-hydrogen) atoms. The number of rotatable bonds is 7. The van der Waals surface area contributed by atoms with Crippen LogP contribution < -0.4 is 10.6 Å². The molecule has 1 unspecified atom stereocenters. The third-order valence-electron chi connectivity index (χ3n) is 6.47. The molecule has 2 aromatic rings. The first-order valence-corrected chi connectivity index (χ1v) is 11.7. The molecule has 1 heterocycles. The van der Waals surface area contributed by atoms with Crippen LogP contribution in [0.4, 0.5) is 8.78 Å². The highest BCUT2D eigenvalue weighted by Crippen LogP contribution is 2.43. The third-order valence-corrected chi connectivity index (χ3v) is 7.19. The Morgan fingerprint density at radius 3 is 2.33 bits per heavy atom. The summed E-state index contributed by atoms with van der Waals surface area (Å²) in [7, 11) is 0. The predicted octanol–water partition coefficient (Wildman–Crippen LogP) is 4.72. The molecule has 2 N–H and O–H groups in total. The maximum Gasteiger partial charge on any atom is 0.224 e.